The second kappa shape index (κ2) is 37.5. The van der Waals surface area contributed by atoms with Crippen molar-refractivity contribution in [3.63, 3.8) is 0 Å². The maximum absolute atomic E-state index is 12.6. The zero-order valence-electron chi connectivity index (χ0n) is 54.0. The minimum atomic E-state index is -1.01. The van der Waals surface area contributed by atoms with Gasteiger partial charge in [-0.15, -0.1) is 0 Å². The molecule has 0 saturated carbocycles. The van der Waals surface area contributed by atoms with Crippen LogP contribution in [0.1, 0.15) is 107 Å². The summed E-state index contributed by atoms with van der Waals surface area (Å²) in [5, 5.41) is 11.5. The number of benzene rings is 8. The Labute approximate surface area is 544 Å². The van der Waals surface area contributed by atoms with Crippen molar-refractivity contribution in [3.05, 3.63) is 285 Å². The van der Waals surface area contributed by atoms with Gasteiger partial charge in [-0.1, -0.05) is 119 Å². The van der Waals surface area contributed by atoms with E-state index < -0.39 is 5.97 Å². The quantitative estimate of drug-likeness (QED) is 0.0441. The van der Waals surface area contributed by atoms with Crippen molar-refractivity contribution in [3.8, 4) is 0 Å². The van der Waals surface area contributed by atoms with Crippen LogP contribution in [0, 0.1) is 27.7 Å². The van der Waals surface area contributed by atoms with Crippen LogP contribution in [0.2, 0.25) is 0 Å². The molecule has 8 aromatic rings. The molecule has 0 bridgehead atoms. The van der Waals surface area contributed by atoms with Crippen LogP contribution in [-0.4, -0.2) is 93.6 Å². The fourth-order valence-electron chi connectivity index (χ4n) is 8.72. The fraction of sp³-hybridized carbons (Fsp3) is 0.169. The predicted molar refractivity (Wildman–Crippen MR) is 370 cm³/mol. The Bertz CT molecular complexity index is 3900. The van der Waals surface area contributed by atoms with Gasteiger partial charge in [-0.2, -0.15) is 0 Å². The van der Waals surface area contributed by atoms with E-state index in [1.807, 2.05) is 167 Å². The van der Waals surface area contributed by atoms with E-state index in [0.29, 0.717) is 53.4 Å². The van der Waals surface area contributed by atoms with Crippen molar-refractivity contribution in [2.75, 3.05) is 61.0 Å². The Morgan fingerprint density at radius 2 is 0.645 bits per heavy atom. The number of hydrogen-bond acceptors (Lipinski definition) is 11. The Hall–Kier alpha value is -11.5. The molecule has 8 rings (SSSR count). The number of hydrogen-bond donors (Lipinski definition) is 2. The average molecular weight is 1250 g/mol. The lowest BCUT2D eigenvalue weighted by atomic mass is 10.1. The Morgan fingerprint density at radius 1 is 0.366 bits per heavy atom. The molecule has 8 aromatic carbocycles. The van der Waals surface area contributed by atoms with Crippen LogP contribution in [0.15, 0.2) is 218 Å². The molecule has 0 unspecified atom stereocenters. The molecule has 16 heteroatoms. The molecular weight excluding hydrogens is 1170 g/mol. The molecule has 0 aromatic heterocycles. The van der Waals surface area contributed by atoms with Crippen LogP contribution in [0.5, 0.6) is 0 Å². The molecule has 2 N–H and O–H groups in total. The zero-order chi connectivity index (χ0) is 67.8. The number of carboxylic acid groups (broad SMARTS) is 1. The molecule has 0 aliphatic heterocycles. The van der Waals surface area contributed by atoms with Crippen LogP contribution in [0.4, 0.5) is 22.7 Å². The largest absolute Gasteiger partial charge is 0.478 e. The third kappa shape index (κ3) is 24.8. The van der Waals surface area contributed by atoms with E-state index >= 15 is 0 Å². The van der Waals surface area contributed by atoms with Crippen molar-refractivity contribution in [1.29, 1.82) is 0 Å². The van der Waals surface area contributed by atoms with Crippen LogP contribution < -0.4 is 20.0 Å². The van der Waals surface area contributed by atoms with Gasteiger partial charge >= 0.3 is 23.9 Å². The van der Waals surface area contributed by atoms with Crippen LogP contribution in [-0.2, 0) is 33.4 Å². The first kappa shape index (κ1) is 72.2. The summed E-state index contributed by atoms with van der Waals surface area (Å²) in [6, 6.07) is 59.0. The van der Waals surface area contributed by atoms with Crippen molar-refractivity contribution >= 4 is 94.6 Å². The molecule has 93 heavy (non-hydrogen) atoms. The van der Waals surface area contributed by atoms with Crippen molar-refractivity contribution in [2.45, 2.75) is 48.5 Å². The zero-order valence-corrected chi connectivity index (χ0v) is 54.0. The number of ether oxygens (including phenoxy) is 3. The normalized spacial score (nSPS) is 10.6. The summed E-state index contributed by atoms with van der Waals surface area (Å²) in [5.41, 5.74) is 12.7. The van der Waals surface area contributed by atoms with Crippen molar-refractivity contribution in [2.24, 2.45) is 0 Å². The second-order valence-electron chi connectivity index (χ2n) is 20.9. The Kier molecular flexibility index (Phi) is 29.1. The van der Waals surface area contributed by atoms with Crippen LogP contribution in [0.25, 0.3) is 24.3 Å². The second-order valence-corrected chi connectivity index (χ2v) is 20.9. The third-order valence-corrected chi connectivity index (χ3v) is 13.4. The summed E-state index contributed by atoms with van der Waals surface area (Å²) in [6.45, 7) is 14.1. The van der Waals surface area contributed by atoms with Gasteiger partial charge in [0.2, 0.25) is 0 Å². The minimum absolute atomic E-state index is 0.0785. The first-order valence-corrected chi connectivity index (χ1v) is 29.9. The molecule has 0 aliphatic rings. The highest BCUT2D eigenvalue weighted by atomic mass is 16.5. The molecule has 0 spiro atoms. The van der Waals surface area contributed by atoms with E-state index in [9.17, 15) is 38.4 Å². The molecule has 0 radical (unpaired) electrons. The Morgan fingerprint density at radius 3 is 0.957 bits per heavy atom. The highest BCUT2D eigenvalue weighted by Crippen LogP contribution is 2.23. The molecule has 4 amide bonds. The van der Waals surface area contributed by atoms with E-state index in [1.54, 1.807) is 129 Å². The fourth-order valence-corrected chi connectivity index (χ4v) is 8.72. The van der Waals surface area contributed by atoms with E-state index in [-0.39, 0.29) is 41.5 Å². The number of carbonyl (C=O) groups excluding carboxylic acids is 7. The molecular formula is C77H78N4O12. The topological polar surface area (TPSA) is 206 Å². The summed E-state index contributed by atoms with van der Waals surface area (Å²) in [6.07, 6.45) is 11.7. The molecule has 0 aliphatic carbocycles. The van der Waals surface area contributed by atoms with E-state index in [2.05, 4.69) is 5.32 Å². The van der Waals surface area contributed by atoms with Gasteiger partial charge in [-0.3, -0.25) is 19.2 Å². The van der Waals surface area contributed by atoms with Gasteiger partial charge in [0, 0.05) is 90.5 Å². The van der Waals surface area contributed by atoms with Gasteiger partial charge in [-0.25, -0.2) is 19.2 Å². The summed E-state index contributed by atoms with van der Waals surface area (Å²) in [7, 11) is 5.17. The molecule has 0 heterocycles. The summed E-state index contributed by atoms with van der Waals surface area (Å²) in [5.74, 6) is -2.59. The van der Waals surface area contributed by atoms with Gasteiger partial charge in [0.15, 0.2) is 0 Å². The highest BCUT2D eigenvalue weighted by Gasteiger charge is 2.17. The van der Waals surface area contributed by atoms with Crippen LogP contribution in [0.3, 0.4) is 0 Å². The number of anilines is 4. The van der Waals surface area contributed by atoms with Gasteiger partial charge in [0.25, 0.3) is 23.6 Å². The lowest BCUT2D eigenvalue weighted by Gasteiger charge is -2.18. The Balaban J connectivity index is 0.000000225. The number of nitrogens with zero attached hydrogens (tertiary/aromatic N) is 3. The molecule has 16 nitrogen and oxygen atoms in total. The summed E-state index contributed by atoms with van der Waals surface area (Å²) < 4.78 is 14.5. The van der Waals surface area contributed by atoms with E-state index in [0.717, 1.165) is 62.0 Å². The molecule has 0 atom stereocenters. The molecule has 0 saturated heterocycles. The smallest absolute Gasteiger partial charge is 0.330 e. The lowest BCUT2D eigenvalue weighted by molar-refractivity contribution is -0.138. The number of aryl methyl sites for hydroxylation is 4. The van der Waals surface area contributed by atoms with Crippen LogP contribution >= 0.6 is 0 Å². The number of rotatable bonds is 19. The molecule has 478 valence electrons. The SMILES string of the molecule is CCOC(=O)/C=C/c1cccc(N(C)C(=O)c2cccc(C)c2)c1.CCOC(=O)/C=C/c1cccc(N(C)C(=O)c2cccc(C)c2)c1.CCOC(=O)/C=C/c1cccc(NC(=O)c2cccc(C)c2)c1.Cc1cccc(C(=O)N(C)c2cccc(/C=C/C(=O)O)c2)c1. The highest BCUT2D eigenvalue weighted by molar-refractivity contribution is 6.08. The van der Waals surface area contributed by atoms with Gasteiger partial charge in [0.05, 0.1) is 19.8 Å². The maximum Gasteiger partial charge on any atom is 0.330 e. The summed E-state index contributed by atoms with van der Waals surface area (Å²) >= 11 is 0. The first-order chi connectivity index (χ1) is 44.6. The van der Waals surface area contributed by atoms with Gasteiger partial charge in [-0.05, 0) is 192 Å². The minimum Gasteiger partial charge on any atom is -0.478 e. The first-order valence-electron chi connectivity index (χ1n) is 29.9. The van der Waals surface area contributed by atoms with Crippen molar-refractivity contribution in [1.82, 2.24) is 0 Å². The van der Waals surface area contributed by atoms with Crippen molar-refractivity contribution < 1.29 is 57.7 Å². The standard InChI is InChI=1S/2C20H21NO3.C19H19NO3.C18H17NO3/c2*1-4-24-19(22)12-11-16-8-6-10-18(14-16)21(3)20(23)17-9-5-7-15(2)13-17;1-3-23-18(21)11-10-15-7-5-9-17(13-15)20-19(22)16-8-4-6-14(2)12-16;1-13-5-3-7-15(11-13)18(22)19(2)16-8-4-6-14(12-16)9-10-17(20)21/h2*5-14H,4H2,1-3H3;4-13H,3H2,1-2H3,(H,20,22);3-12H,1-2H3,(H,20,21)/b2*12-11+;11-10+;10-9+. The van der Waals surface area contributed by atoms with Gasteiger partial charge in [0.1, 0.15) is 0 Å². The van der Waals surface area contributed by atoms with Gasteiger partial charge < -0.3 is 39.3 Å². The molecule has 0 fully saturated rings. The maximum atomic E-state index is 12.6. The number of carboxylic acids is 1. The average Bonchev–Trinajstić information content (AvgIpc) is 2.84. The number of esters is 3. The number of amides is 4. The van der Waals surface area contributed by atoms with E-state index in [4.69, 9.17) is 19.3 Å². The number of carbonyl (C=O) groups is 8. The predicted octanol–water partition coefficient (Wildman–Crippen LogP) is 14.9. The summed E-state index contributed by atoms with van der Waals surface area (Å²) in [4.78, 5) is 99.3. The third-order valence-electron chi connectivity index (χ3n) is 13.4. The monoisotopic (exact) mass is 1250 g/mol. The number of aliphatic carboxylic acids is 1. The van der Waals surface area contributed by atoms with E-state index in [1.165, 1.54) is 24.3 Å². The number of nitrogens with one attached hydrogen (secondary N) is 1. The lowest BCUT2D eigenvalue weighted by Crippen LogP contribution is -2.26.